The third-order valence-electron chi connectivity index (χ3n) is 6.25. The van der Waals surface area contributed by atoms with E-state index >= 15 is 0 Å². The molecule has 1 amide bonds. The second-order valence-corrected chi connectivity index (χ2v) is 8.42. The molecule has 5 N–H and O–H groups in total. The van der Waals surface area contributed by atoms with Crippen molar-refractivity contribution in [3.63, 3.8) is 0 Å². The van der Waals surface area contributed by atoms with Crippen LogP contribution in [0.1, 0.15) is 12.5 Å². The first-order chi connectivity index (χ1) is 16.9. The number of benzene rings is 1. The third-order valence-corrected chi connectivity index (χ3v) is 6.25. The highest BCUT2D eigenvalue weighted by molar-refractivity contribution is 5.95. The molecule has 35 heavy (non-hydrogen) atoms. The molecule has 12 nitrogen and oxygen atoms in total. The maximum Gasteiger partial charge on any atom is 0.417 e. The number of piperazine rings is 1. The molecule has 1 unspecified atom stereocenters. The van der Waals surface area contributed by atoms with Gasteiger partial charge in [-0.2, -0.15) is 0 Å². The average molecular weight is 479 g/mol. The van der Waals surface area contributed by atoms with Crippen molar-refractivity contribution in [2.24, 2.45) is 10.7 Å². The molecule has 1 saturated heterocycles. The Morgan fingerprint density at radius 3 is 2.74 bits per heavy atom. The van der Waals surface area contributed by atoms with Crippen molar-refractivity contribution in [2.45, 2.75) is 12.6 Å². The Labute approximate surface area is 200 Å². The van der Waals surface area contributed by atoms with Crippen LogP contribution in [0, 0.1) is 0 Å². The fraction of sp³-hybridized carbons (Fsp3) is 0.304. The topological polar surface area (TPSA) is 154 Å². The van der Waals surface area contributed by atoms with E-state index in [0.29, 0.717) is 43.2 Å². The minimum atomic E-state index is -1.04. The van der Waals surface area contributed by atoms with Crippen molar-refractivity contribution in [2.75, 3.05) is 43.5 Å². The van der Waals surface area contributed by atoms with Gasteiger partial charge >= 0.3 is 11.8 Å². The first-order valence-corrected chi connectivity index (χ1v) is 11.1. The number of hydrogen-bond acceptors (Lipinski definition) is 10. The van der Waals surface area contributed by atoms with Gasteiger partial charge in [-0.3, -0.25) is 4.98 Å². The Bertz CT molecular complexity index is 1370. The standard InChI is InChI=1S/C23H26N8O4/c1-14-12-26-20(29-23(14,24)15-3-5-18-17(11-15)28-21(32)35-18)27-16-4-6-19(25-13-16)30-7-9-31(10-8-30)22(33)34-2/h3-6,11-13H,7-10,24H2,1-2H3,(H,28,32)(H2,26,27,29). The summed E-state index contributed by atoms with van der Waals surface area (Å²) in [5.41, 5.74) is 9.01. The highest BCUT2D eigenvalue weighted by Gasteiger charge is 2.33. The van der Waals surface area contributed by atoms with E-state index in [9.17, 15) is 9.59 Å². The van der Waals surface area contributed by atoms with E-state index < -0.39 is 11.4 Å². The molecule has 0 saturated carbocycles. The summed E-state index contributed by atoms with van der Waals surface area (Å²) in [5.74, 6) is 0.766. The molecule has 0 bridgehead atoms. The summed E-state index contributed by atoms with van der Waals surface area (Å²) < 4.78 is 9.87. The number of hydrogen-bond donors (Lipinski definition) is 4. The van der Waals surface area contributed by atoms with Gasteiger partial charge in [-0.25, -0.2) is 19.6 Å². The smallest absolute Gasteiger partial charge is 0.417 e. The number of oxazole rings is 1. The molecule has 1 atom stereocenters. The van der Waals surface area contributed by atoms with Crippen molar-refractivity contribution in [1.82, 2.24) is 20.2 Å². The van der Waals surface area contributed by atoms with E-state index in [0.717, 1.165) is 22.6 Å². The van der Waals surface area contributed by atoms with Gasteiger partial charge in [-0.15, -0.1) is 0 Å². The van der Waals surface area contributed by atoms with Gasteiger partial charge in [0.25, 0.3) is 0 Å². The first-order valence-electron chi connectivity index (χ1n) is 11.1. The highest BCUT2D eigenvalue weighted by atomic mass is 16.5. The molecule has 2 aliphatic heterocycles. The zero-order valence-electron chi connectivity index (χ0n) is 19.4. The summed E-state index contributed by atoms with van der Waals surface area (Å²) in [5, 5.41) is 6.47. The molecule has 0 radical (unpaired) electrons. The van der Waals surface area contributed by atoms with Gasteiger partial charge in [0.15, 0.2) is 5.58 Å². The van der Waals surface area contributed by atoms with Crippen LogP contribution in [0.2, 0.25) is 0 Å². The molecule has 3 aromatic rings. The van der Waals surface area contributed by atoms with E-state index in [1.165, 1.54) is 7.11 Å². The number of fused-ring (bicyclic) bond motifs is 1. The SMILES string of the molecule is COC(=O)N1CCN(c2ccc(NC3=NC=C(C)C(N)(c4ccc5oc(=O)[nH]c5c4)N3)cn2)CC1. The Morgan fingerprint density at radius 1 is 1.23 bits per heavy atom. The number of aromatic amines is 1. The number of anilines is 2. The van der Waals surface area contributed by atoms with E-state index in [-0.39, 0.29) is 6.09 Å². The molecule has 12 heteroatoms. The van der Waals surface area contributed by atoms with Crippen LogP contribution in [0.15, 0.2) is 62.5 Å². The molecular formula is C23H26N8O4. The van der Waals surface area contributed by atoms with Gasteiger partial charge in [0.1, 0.15) is 11.5 Å². The number of aliphatic imine (C=N–C) groups is 1. The number of ether oxygens (including phenoxy) is 1. The lowest BCUT2D eigenvalue weighted by Gasteiger charge is -2.36. The van der Waals surface area contributed by atoms with Gasteiger partial charge in [-0.1, -0.05) is 6.07 Å². The Balaban J connectivity index is 1.27. The normalized spacial score (nSPS) is 20.2. The molecule has 4 heterocycles. The Morgan fingerprint density at radius 2 is 2.03 bits per heavy atom. The van der Waals surface area contributed by atoms with Gasteiger partial charge in [0.05, 0.1) is 24.5 Å². The summed E-state index contributed by atoms with van der Waals surface area (Å²) in [6.07, 6.45) is 3.11. The highest BCUT2D eigenvalue weighted by Crippen LogP contribution is 2.28. The quantitative estimate of drug-likeness (QED) is 0.438. The van der Waals surface area contributed by atoms with E-state index in [2.05, 4.69) is 30.5 Å². The summed E-state index contributed by atoms with van der Waals surface area (Å²) in [4.78, 5) is 38.6. The van der Waals surface area contributed by atoms with Crippen LogP contribution in [0.25, 0.3) is 11.1 Å². The number of amides is 1. The number of rotatable bonds is 3. The predicted octanol–water partition coefficient (Wildman–Crippen LogP) is 1.49. The molecule has 1 fully saturated rings. The van der Waals surface area contributed by atoms with E-state index in [4.69, 9.17) is 14.9 Å². The molecule has 0 spiro atoms. The number of methoxy groups -OCH3 is 1. The van der Waals surface area contributed by atoms with Crippen LogP contribution in [0.5, 0.6) is 0 Å². The van der Waals surface area contributed by atoms with Crippen molar-refractivity contribution >= 4 is 34.7 Å². The average Bonchev–Trinajstić information content (AvgIpc) is 3.25. The molecule has 5 rings (SSSR count). The van der Waals surface area contributed by atoms with Gasteiger partial charge < -0.3 is 35.3 Å². The maximum absolute atomic E-state index is 11.7. The Kier molecular flexibility index (Phi) is 5.65. The van der Waals surface area contributed by atoms with Crippen molar-refractivity contribution in [3.8, 4) is 0 Å². The third kappa shape index (κ3) is 4.30. The van der Waals surface area contributed by atoms with Crippen LogP contribution in [-0.4, -0.2) is 60.2 Å². The number of pyridine rings is 1. The van der Waals surface area contributed by atoms with Crippen molar-refractivity contribution < 1.29 is 13.9 Å². The molecule has 2 aromatic heterocycles. The summed E-state index contributed by atoms with van der Waals surface area (Å²) >= 11 is 0. The zero-order valence-corrected chi connectivity index (χ0v) is 19.4. The number of aromatic nitrogens is 2. The molecule has 182 valence electrons. The fourth-order valence-electron chi connectivity index (χ4n) is 4.17. The van der Waals surface area contributed by atoms with Crippen LogP contribution in [0.3, 0.4) is 0 Å². The first kappa shape index (κ1) is 22.5. The number of carbonyl (C=O) groups excluding carboxylic acids is 1. The zero-order chi connectivity index (χ0) is 24.6. The van der Waals surface area contributed by atoms with Crippen molar-refractivity contribution in [3.05, 3.63) is 64.4 Å². The van der Waals surface area contributed by atoms with Crippen LogP contribution >= 0.6 is 0 Å². The lowest BCUT2D eigenvalue weighted by Crippen LogP contribution is -2.57. The summed E-state index contributed by atoms with van der Waals surface area (Å²) in [7, 11) is 1.39. The van der Waals surface area contributed by atoms with Gasteiger partial charge in [-0.05, 0) is 42.3 Å². The monoisotopic (exact) mass is 478 g/mol. The van der Waals surface area contributed by atoms with E-state index in [1.807, 2.05) is 25.1 Å². The van der Waals surface area contributed by atoms with Crippen LogP contribution in [0.4, 0.5) is 16.3 Å². The molecule has 2 aliphatic rings. The van der Waals surface area contributed by atoms with Crippen LogP contribution < -0.4 is 27.0 Å². The summed E-state index contributed by atoms with van der Waals surface area (Å²) in [6, 6.07) is 9.12. The number of nitrogens with two attached hydrogens (primary N) is 1. The van der Waals surface area contributed by atoms with Gasteiger partial charge in [0, 0.05) is 32.4 Å². The fourth-order valence-corrected chi connectivity index (χ4v) is 4.17. The number of carbonyl (C=O) groups is 1. The number of guanidine groups is 1. The number of H-pyrrole nitrogens is 1. The minimum Gasteiger partial charge on any atom is -0.453 e. The lowest BCUT2D eigenvalue weighted by molar-refractivity contribution is 0.121. The van der Waals surface area contributed by atoms with E-state index in [1.54, 1.807) is 29.4 Å². The molecule has 0 aliphatic carbocycles. The predicted molar refractivity (Wildman–Crippen MR) is 131 cm³/mol. The molecule has 1 aromatic carbocycles. The number of nitrogens with zero attached hydrogens (tertiary/aromatic N) is 4. The second-order valence-electron chi connectivity index (χ2n) is 8.42. The summed E-state index contributed by atoms with van der Waals surface area (Å²) in [6.45, 7) is 4.39. The van der Waals surface area contributed by atoms with Gasteiger partial charge in [0.2, 0.25) is 5.96 Å². The van der Waals surface area contributed by atoms with Crippen molar-refractivity contribution in [1.29, 1.82) is 0 Å². The number of nitrogens with one attached hydrogen (secondary N) is 3. The minimum absolute atomic E-state index is 0.309. The second kappa shape index (κ2) is 8.80. The maximum atomic E-state index is 11.7. The lowest BCUT2D eigenvalue weighted by atomic mass is 9.92. The molecular weight excluding hydrogens is 452 g/mol. The largest absolute Gasteiger partial charge is 0.453 e. The van der Waals surface area contributed by atoms with Crippen LogP contribution in [-0.2, 0) is 10.4 Å². The Hall–Kier alpha value is -4.32.